The van der Waals surface area contributed by atoms with Gasteiger partial charge in [-0.25, -0.2) is 0 Å². The van der Waals surface area contributed by atoms with E-state index in [1.165, 1.54) is 0 Å². The standard InChI is InChI=1S/C10H13NO/c12-8-11-6-5-9-3-1-2-4-10(9)7-11/h1-4,8-10H,5-7H2. The van der Waals surface area contributed by atoms with Crippen LogP contribution in [0.3, 0.4) is 0 Å². The van der Waals surface area contributed by atoms with Crippen LogP contribution < -0.4 is 0 Å². The van der Waals surface area contributed by atoms with Gasteiger partial charge in [0.1, 0.15) is 0 Å². The second-order valence-corrected chi connectivity index (χ2v) is 3.49. The van der Waals surface area contributed by atoms with E-state index in [0.717, 1.165) is 25.9 Å². The molecule has 2 atom stereocenters. The number of hydrogen-bond acceptors (Lipinski definition) is 1. The topological polar surface area (TPSA) is 20.3 Å². The zero-order valence-corrected chi connectivity index (χ0v) is 7.02. The van der Waals surface area contributed by atoms with Crippen LogP contribution >= 0.6 is 0 Å². The lowest BCUT2D eigenvalue weighted by molar-refractivity contribution is -0.119. The zero-order chi connectivity index (χ0) is 8.39. The summed E-state index contributed by atoms with van der Waals surface area (Å²) in [5.74, 6) is 1.24. The molecule has 2 rings (SSSR count). The summed E-state index contributed by atoms with van der Waals surface area (Å²) in [4.78, 5) is 12.4. The average Bonchev–Trinajstić information content (AvgIpc) is 2.17. The SMILES string of the molecule is O=CN1CCC2C=CC=CC2C1. The Kier molecular flexibility index (Phi) is 1.98. The largest absolute Gasteiger partial charge is 0.345 e. The highest BCUT2D eigenvalue weighted by Crippen LogP contribution is 2.27. The lowest BCUT2D eigenvalue weighted by Crippen LogP contribution is -2.38. The number of likely N-dealkylation sites (tertiary alicyclic amines) is 1. The van der Waals surface area contributed by atoms with E-state index < -0.39 is 0 Å². The first kappa shape index (κ1) is 7.59. The smallest absolute Gasteiger partial charge is 0.209 e. The lowest BCUT2D eigenvalue weighted by atomic mass is 9.83. The van der Waals surface area contributed by atoms with Crippen LogP contribution in [0.4, 0.5) is 0 Å². The molecule has 1 saturated heterocycles. The van der Waals surface area contributed by atoms with Crippen LogP contribution in [0.5, 0.6) is 0 Å². The quantitative estimate of drug-likeness (QED) is 0.532. The maximum absolute atomic E-state index is 10.5. The summed E-state index contributed by atoms with van der Waals surface area (Å²) in [6.07, 6.45) is 10.7. The van der Waals surface area contributed by atoms with E-state index in [1.807, 2.05) is 4.90 Å². The highest BCUT2D eigenvalue weighted by Gasteiger charge is 2.25. The fourth-order valence-electron chi connectivity index (χ4n) is 1.98. The molecule has 1 amide bonds. The van der Waals surface area contributed by atoms with Crippen molar-refractivity contribution in [2.24, 2.45) is 11.8 Å². The Morgan fingerprint density at radius 3 is 2.75 bits per heavy atom. The molecular weight excluding hydrogens is 150 g/mol. The molecule has 0 aromatic rings. The predicted octanol–water partition coefficient (Wildman–Crippen LogP) is 1.21. The number of carbonyl (C=O) groups is 1. The Bertz CT molecular complexity index is 232. The summed E-state index contributed by atoms with van der Waals surface area (Å²) in [5.41, 5.74) is 0. The third-order valence-corrected chi connectivity index (χ3v) is 2.72. The molecular formula is C10H13NO. The maximum Gasteiger partial charge on any atom is 0.209 e. The normalized spacial score (nSPS) is 33.2. The van der Waals surface area contributed by atoms with Gasteiger partial charge in [-0.1, -0.05) is 24.3 Å². The number of hydrogen-bond donors (Lipinski definition) is 0. The summed E-state index contributed by atoms with van der Waals surface area (Å²) in [6, 6.07) is 0. The van der Waals surface area contributed by atoms with Gasteiger partial charge in [-0.15, -0.1) is 0 Å². The van der Waals surface area contributed by atoms with Crippen molar-refractivity contribution in [1.82, 2.24) is 4.90 Å². The third-order valence-electron chi connectivity index (χ3n) is 2.72. The second-order valence-electron chi connectivity index (χ2n) is 3.49. The van der Waals surface area contributed by atoms with E-state index in [4.69, 9.17) is 0 Å². The van der Waals surface area contributed by atoms with Crippen molar-refractivity contribution in [3.05, 3.63) is 24.3 Å². The molecule has 1 fully saturated rings. The van der Waals surface area contributed by atoms with E-state index in [0.29, 0.717) is 11.8 Å². The Morgan fingerprint density at radius 2 is 2.00 bits per heavy atom. The molecule has 0 saturated carbocycles. The Labute approximate surface area is 72.6 Å². The van der Waals surface area contributed by atoms with Crippen LogP contribution in [0, 0.1) is 11.8 Å². The van der Waals surface area contributed by atoms with E-state index in [9.17, 15) is 4.79 Å². The second kappa shape index (κ2) is 3.13. The van der Waals surface area contributed by atoms with Gasteiger partial charge in [0.05, 0.1) is 0 Å². The zero-order valence-electron chi connectivity index (χ0n) is 7.02. The number of allylic oxidation sites excluding steroid dienone is 3. The van der Waals surface area contributed by atoms with Gasteiger partial charge in [0.2, 0.25) is 6.41 Å². The molecule has 0 aromatic carbocycles. The van der Waals surface area contributed by atoms with Crippen LogP contribution in [0.15, 0.2) is 24.3 Å². The third kappa shape index (κ3) is 1.29. The number of amides is 1. The molecule has 0 bridgehead atoms. The van der Waals surface area contributed by atoms with Crippen molar-refractivity contribution in [3.8, 4) is 0 Å². The first-order chi connectivity index (χ1) is 5.90. The van der Waals surface area contributed by atoms with Crippen molar-refractivity contribution >= 4 is 6.41 Å². The fourth-order valence-corrected chi connectivity index (χ4v) is 1.98. The number of rotatable bonds is 1. The molecule has 2 nitrogen and oxygen atoms in total. The number of piperidine rings is 1. The summed E-state index contributed by atoms with van der Waals surface area (Å²) in [6.45, 7) is 1.82. The minimum Gasteiger partial charge on any atom is -0.345 e. The fraction of sp³-hybridized carbons (Fsp3) is 0.500. The first-order valence-electron chi connectivity index (χ1n) is 4.44. The average molecular weight is 163 g/mol. The van der Waals surface area contributed by atoms with Gasteiger partial charge in [0.25, 0.3) is 0 Å². The molecule has 0 aromatic heterocycles. The van der Waals surface area contributed by atoms with Crippen molar-refractivity contribution in [2.45, 2.75) is 6.42 Å². The summed E-state index contributed by atoms with van der Waals surface area (Å²) >= 11 is 0. The summed E-state index contributed by atoms with van der Waals surface area (Å²) in [5, 5.41) is 0. The van der Waals surface area contributed by atoms with Crippen LogP contribution in [0.2, 0.25) is 0 Å². The molecule has 1 aliphatic carbocycles. The van der Waals surface area contributed by atoms with E-state index in [1.54, 1.807) is 0 Å². The summed E-state index contributed by atoms with van der Waals surface area (Å²) in [7, 11) is 0. The van der Waals surface area contributed by atoms with Gasteiger partial charge in [-0.2, -0.15) is 0 Å². The van der Waals surface area contributed by atoms with Crippen molar-refractivity contribution in [3.63, 3.8) is 0 Å². The van der Waals surface area contributed by atoms with Crippen molar-refractivity contribution in [1.29, 1.82) is 0 Å². The molecule has 0 radical (unpaired) electrons. The Hall–Kier alpha value is -1.05. The Morgan fingerprint density at radius 1 is 1.25 bits per heavy atom. The Balaban J connectivity index is 2.05. The summed E-state index contributed by atoms with van der Waals surface area (Å²) < 4.78 is 0. The van der Waals surface area contributed by atoms with Crippen molar-refractivity contribution < 1.29 is 4.79 Å². The van der Waals surface area contributed by atoms with Crippen molar-refractivity contribution in [2.75, 3.05) is 13.1 Å². The van der Waals surface area contributed by atoms with E-state index in [2.05, 4.69) is 24.3 Å². The highest BCUT2D eigenvalue weighted by atomic mass is 16.1. The van der Waals surface area contributed by atoms with Gasteiger partial charge in [0.15, 0.2) is 0 Å². The molecule has 0 spiro atoms. The minimum atomic E-state index is 0.564. The molecule has 2 heteroatoms. The van der Waals surface area contributed by atoms with E-state index >= 15 is 0 Å². The molecule has 12 heavy (non-hydrogen) atoms. The van der Waals surface area contributed by atoms with Gasteiger partial charge in [0, 0.05) is 19.0 Å². The van der Waals surface area contributed by atoms with Gasteiger partial charge in [-0.3, -0.25) is 4.79 Å². The molecule has 2 unspecified atom stereocenters. The predicted molar refractivity (Wildman–Crippen MR) is 47.5 cm³/mol. The van der Waals surface area contributed by atoms with Crippen LogP contribution in [-0.2, 0) is 4.79 Å². The van der Waals surface area contributed by atoms with Crippen LogP contribution in [0.1, 0.15) is 6.42 Å². The molecule has 0 N–H and O–H groups in total. The number of fused-ring (bicyclic) bond motifs is 1. The van der Waals surface area contributed by atoms with E-state index in [-0.39, 0.29) is 0 Å². The number of carbonyl (C=O) groups excluding carboxylic acids is 1. The number of nitrogens with zero attached hydrogens (tertiary/aromatic N) is 1. The monoisotopic (exact) mass is 163 g/mol. The lowest BCUT2D eigenvalue weighted by Gasteiger charge is -2.34. The highest BCUT2D eigenvalue weighted by molar-refractivity contribution is 5.47. The molecule has 1 aliphatic heterocycles. The van der Waals surface area contributed by atoms with Gasteiger partial charge >= 0.3 is 0 Å². The van der Waals surface area contributed by atoms with Gasteiger partial charge < -0.3 is 4.90 Å². The molecule has 2 aliphatic rings. The van der Waals surface area contributed by atoms with Crippen LogP contribution in [-0.4, -0.2) is 24.4 Å². The maximum atomic E-state index is 10.5. The van der Waals surface area contributed by atoms with Gasteiger partial charge in [-0.05, 0) is 12.3 Å². The molecule has 1 heterocycles. The molecule has 64 valence electrons. The first-order valence-corrected chi connectivity index (χ1v) is 4.44. The minimum absolute atomic E-state index is 0.564. The van der Waals surface area contributed by atoms with Crippen LogP contribution in [0.25, 0.3) is 0 Å².